The van der Waals surface area contributed by atoms with E-state index in [9.17, 15) is 32.9 Å². The molecule has 0 aromatic heterocycles. The van der Waals surface area contributed by atoms with Crippen molar-refractivity contribution in [2.75, 3.05) is 0 Å². The van der Waals surface area contributed by atoms with Crippen molar-refractivity contribution in [1.29, 1.82) is 0 Å². The Morgan fingerprint density at radius 1 is 1.03 bits per heavy atom. The van der Waals surface area contributed by atoms with Gasteiger partial charge in [0.05, 0.1) is 26.4 Å². The second kappa shape index (κ2) is 10.2. The minimum Gasteiger partial charge on any atom is -0.449 e. The third-order valence-electron chi connectivity index (χ3n) is 5.01. The van der Waals surface area contributed by atoms with Crippen LogP contribution in [0, 0.1) is 10.1 Å². The van der Waals surface area contributed by atoms with Crippen molar-refractivity contribution >= 4 is 50.6 Å². The molecule has 1 fully saturated rings. The number of halogens is 4. The molecule has 0 N–H and O–H groups in total. The van der Waals surface area contributed by atoms with E-state index in [1.165, 1.54) is 12.1 Å². The van der Waals surface area contributed by atoms with Crippen molar-refractivity contribution < 1.29 is 32.4 Å². The lowest BCUT2D eigenvalue weighted by Crippen LogP contribution is -2.27. The van der Waals surface area contributed by atoms with Gasteiger partial charge in [-0.3, -0.25) is 24.6 Å². The van der Waals surface area contributed by atoms with Crippen LogP contribution in [0.15, 0.2) is 76.1 Å². The molecule has 1 aliphatic heterocycles. The molecule has 2 amide bonds. The Hall–Kier alpha value is -3.64. The predicted molar refractivity (Wildman–Crippen MR) is 130 cm³/mol. The topological polar surface area (TPSA) is 89.7 Å². The van der Waals surface area contributed by atoms with Gasteiger partial charge in [-0.15, -0.1) is 0 Å². The maximum Gasteiger partial charge on any atom is 0.416 e. The third kappa shape index (κ3) is 5.60. The maximum absolute atomic E-state index is 12.9. The van der Waals surface area contributed by atoms with Crippen LogP contribution < -0.4 is 4.74 Å². The molecule has 0 unspecified atom stereocenters. The van der Waals surface area contributed by atoms with Crippen molar-refractivity contribution in [3.05, 3.63) is 103 Å². The lowest BCUT2D eigenvalue weighted by atomic mass is 10.1. The van der Waals surface area contributed by atoms with Crippen LogP contribution in [0.25, 0.3) is 6.08 Å². The number of carbonyl (C=O) groups excluding carboxylic acids is 2. The minimum absolute atomic E-state index is 0.104. The van der Waals surface area contributed by atoms with Crippen LogP contribution in [0.2, 0.25) is 0 Å². The first kappa shape index (κ1) is 25.5. The summed E-state index contributed by atoms with van der Waals surface area (Å²) in [7, 11) is 0. The van der Waals surface area contributed by atoms with Crippen molar-refractivity contribution in [3.63, 3.8) is 0 Å². The van der Waals surface area contributed by atoms with Gasteiger partial charge in [-0.25, -0.2) is 0 Å². The molecule has 7 nitrogen and oxygen atoms in total. The SMILES string of the molecule is O=C1S/C(=C/c2ccc(Oc3ccc(C(F)(F)F)cc3[N+](=O)[O-])c(Br)c2)C(=O)N1Cc1ccccc1. The number of hydrogen-bond acceptors (Lipinski definition) is 6. The average molecular weight is 579 g/mol. The van der Waals surface area contributed by atoms with E-state index in [1.54, 1.807) is 12.1 Å². The second-order valence-electron chi connectivity index (χ2n) is 7.48. The number of nitro benzene ring substituents is 1. The quantitative estimate of drug-likeness (QED) is 0.172. The molecule has 1 aliphatic rings. The van der Waals surface area contributed by atoms with Crippen LogP contribution in [-0.4, -0.2) is 21.0 Å². The van der Waals surface area contributed by atoms with Gasteiger partial charge in [0, 0.05) is 6.07 Å². The van der Waals surface area contributed by atoms with Gasteiger partial charge in [0.2, 0.25) is 5.75 Å². The van der Waals surface area contributed by atoms with Gasteiger partial charge in [0.1, 0.15) is 5.75 Å². The highest BCUT2D eigenvalue weighted by Crippen LogP contribution is 2.40. The summed E-state index contributed by atoms with van der Waals surface area (Å²) < 4.78 is 44.6. The van der Waals surface area contributed by atoms with E-state index in [0.29, 0.717) is 22.2 Å². The highest BCUT2D eigenvalue weighted by molar-refractivity contribution is 9.10. The smallest absolute Gasteiger partial charge is 0.416 e. The molecule has 1 heterocycles. The zero-order valence-corrected chi connectivity index (χ0v) is 20.4. The first-order valence-corrected chi connectivity index (χ1v) is 11.8. The molecule has 184 valence electrons. The van der Waals surface area contributed by atoms with Crippen LogP contribution in [-0.2, 0) is 17.5 Å². The summed E-state index contributed by atoms with van der Waals surface area (Å²) in [5.41, 5.74) is -0.672. The predicted octanol–water partition coefficient (Wildman–Crippen LogP) is 7.40. The Bertz CT molecular complexity index is 1400. The number of amides is 2. The van der Waals surface area contributed by atoms with Gasteiger partial charge in [-0.2, -0.15) is 13.2 Å². The molecule has 12 heteroatoms. The maximum atomic E-state index is 12.9. The molecule has 36 heavy (non-hydrogen) atoms. The average Bonchev–Trinajstić information content (AvgIpc) is 3.08. The molecular weight excluding hydrogens is 565 g/mol. The zero-order chi connectivity index (χ0) is 26.0. The highest BCUT2D eigenvalue weighted by atomic mass is 79.9. The van der Waals surface area contributed by atoms with E-state index in [0.717, 1.165) is 28.3 Å². The number of thioether (sulfide) groups is 1. The van der Waals surface area contributed by atoms with Crippen LogP contribution in [0.3, 0.4) is 0 Å². The summed E-state index contributed by atoms with van der Waals surface area (Å²) in [5, 5.41) is 10.9. The number of rotatable bonds is 6. The van der Waals surface area contributed by atoms with Crippen LogP contribution in [0.1, 0.15) is 16.7 Å². The Balaban J connectivity index is 1.54. The molecule has 3 aromatic rings. The summed E-state index contributed by atoms with van der Waals surface area (Å²) in [6, 6.07) is 15.6. The number of alkyl halides is 3. The van der Waals surface area contributed by atoms with Gasteiger partial charge in [-0.05, 0) is 69.2 Å². The summed E-state index contributed by atoms with van der Waals surface area (Å²) in [6.45, 7) is 0.144. The molecule has 0 spiro atoms. The van der Waals surface area contributed by atoms with Crippen molar-refractivity contribution in [2.24, 2.45) is 0 Å². The normalized spacial score (nSPS) is 15.0. The number of nitrogens with zero attached hydrogens (tertiary/aromatic N) is 2. The van der Waals surface area contributed by atoms with E-state index < -0.39 is 33.5 Å². The van der Waals surface area contributed by atoms with Crippen LogP contribution in [0.5, 0.6) is 11.5 Å². The molecule has 0 bridgehead atoms. The number of carbonyl (C=O) groups is 2. The first-order chi connectivity index (χ1) is 17.0. The molecule has 0 aliphatic carbocycles. The van der Waals surface area contributed by atoms with Gasteiger partial charge >= 0.3 is 11.9 Å². The first-order valence-electron chi connectivity index (χ1n) is 10.2. The molecule has 0 atom stereocenters. The van der Waals surface area contributed by atoms with Crippen LogP contribution >= 0.6 is 27.7 Å². The summed E-state index contributed by atoms with van der Waals surface area (Å²) in [5.74, 6) is -0.707. The van der Waals surface area contributed by atoms with E-state index in [1.807, 2.05) is 30.3 Å². The van der Waals surface area contributed by atoms with Crippen molar-refractivity contribution in [1.82, 2.24) is 4.90 Å². The zero-order valence-electron chi connectivity index (χ0n) is 18.0. The Morgan fingerprint density at radius 3 is 2.36 bits per heavy atom. The minimum atomic E-state index is -4.74. The van der Waals surface area contributed by atoms with Gasteiger partial charge in [-0.1, -0.05) is 36.4 Å². The molecule has 1 saturated heterocycles. The van der Waals surface area contributed by atoms with Gasteiger partial charge < -0.3 is 4.74 Å². The highest BCUT2D eigenvalue weighted by Gasteiger charge is 2.35. The van der Waals surface area contributed by atoms with Crippen molar-refractivity contribution in [3.8, 4) is 11.5 Å². The molecule has 0 radical (unpaired) electrons. The number of benzene rings is 3. The van der Waals surface area contributed by atoms with E-state index >= 15 is 0 Å². The lowest BCUT2D eigenvalue weighted by Gasteiger charge is -2.12. The Labute approximate surface area is 214 Å². The fourth-order valence-electron chi connectivity index (χ4n) is 3.28. The standard InChI is InChI=1S/C24H14BrF3N2O5S/c25-17-10-15(11-21-22(31)29(23(32)36-21)13-14-4-2-1-3-5-14)6-8-19(17)35-20-9-7-16(24(26,27)28)12-18(20)30(33)34/h1-12H,13H2/b21-11+. The second-order valence-corrected chi connectivity index (χ2v) is 9.33. The number of nitro groups is 1. The van der Waals surface area contributed by atoms with Crippen LogP contribution in [0.4, 0.5) is 23.7 Å². The molecule has 3 aromatic carbocycles. The van der Waals surface area contributed by atoms with Gasteiger partial charge in [0.15, 0.2) is 0 Å². The fourth-order valence-corrected chi connectivity index (χ4v) is 4.60. The monoisotopic (exact) mass is 578 g/mol. The molecule has 0 saturated carbocycles. The van der Waals surface area contributed by atoms with Crippen molar-refractivity contribution in [2.45, 2.75) is 12.7 Å². The summed E-state index contributed by atoms with van der Waals surface area (Å²) >= 11 is 4.07. The molecule has 4 rings (SSSR count). The fraction of sp³-hybridized carbons (Fsp3) is 0.0833. The third-order valence-corrected chi connectivity index (χ3v) is 6.54. The number of ether oxygens (including phenoxy) is 1. The van der Waals surface area contributed by atoms with E-state index in [-0.39, 0.29) is 22.9 Å². The lowest BCUT2D eigenvalue weighted by molar-refractivity contribution is -0.385. The number of imide groups is 1. The van der Waals surface area contributed by atoms with E-state index in [2.05, 4.69) is 15.9 Å². The number of hydrogen-bond donors (Lipinski definition) is 0. The largest absolute Gasteiger partial charge is 0.449 e. The molecular formula is C24H14BrF3N2O5S. The summed E-state index contributed by atoms with van der Waals surface area (Å²) in [4.78, 5) is 36.8. The Morgan fingerprint density at radius 2 is 1.72 bits per heavy atom. The summed E-state index contributed by atoms with van der Waals surface area (Å²) in [6.07, 6.45) is -3.22. The Kier molecular flexibility index (Phi) is 7.18. The van der Waals surface area contributed by atoms with E-state index in [4.69, 9.17) is 4.74 Å². The van der Waals surface area contributed by atoms with Gasteiger partial charge in [0.25, 0.3) is 11.1 Å².